The summed E-state index contributed by atoms with van der Waals surface area (Å²) in [6.45, 7) is 9.32. The molecule has 0 fully saturated rings. The van der Waals surface area contributed by atoms with E-state index in [0.717, 1.165) is 6.07 Å². The lowest BCUT2D eigenvalue weighted by Gasteiger charge is -2.40. The standard InChI is InChI=1S/C25H30F2N4O2/c1-14(2)25(5)13-22(32)31(24(28)30-25)16(4)18-10-19(12-21(27)11-18)23(33)29-15(3)17-6-8-20(26)9-7-17/h6-12,14-16H,13H2,1-5H3,(H2,28,30)(H,29,33). The Morgan fingerprint density at radius 1 is 1.06 bits per heavy atom. The monoisotopic (exact) mass is 456 g/mol. The van der Waals surface area contributed by atoms with E-state index >= 15 is 0 Å². The number of guanidine groups is 1. The van der Waals surface area contributed by atoms with Gasteiger partial charge in [0.15, 0.2) is 5.96 Å². The van der Waals surface area contributed by atoms with E-state index < -0.39 is 29.3 Å². The molecule has 3 rings (SSSR count). The Morgan fingerprint density at radius 2 is 1.70 bits per heavy atom. The van der Waals surface area contributed by atoms with Gasteiger partial charge in [0.1, 0.15) is 11.6 Å². The number of halogens is 2. The number of benzene rings is 2. The number of nitrogens with two attached hydrogens (primary N) is 1. The van der Waals surface area contributed by atoms with Gasteiger partial charge in [-0.1, -0.05) is 26.0 Å². The lowest BCUT2D eigenvalue weighted by molar-refractivity contribution is -0.131. The smallest absolute Gasteiger partial charge is 0.251 e. The second-order valence-corrected chi connectivity index (χ2v) is 9.12. The number of nitrogens with zero attached hydrogens (tertiary/aromatic N) is 2. The van der Waals surface area contributed by atoms with Gasteiger partial charge in [-0.15, -0.1) is 0 Å². The highest BCUT2D eigenvalue weighted by molar-refractivity contribution is 5.99. The molecule has 6 nitrogen and oxygen atoms in total. The van der Waals surface area contributed by atoms with Crippen LogP contribution in [-0.2, 0) is 4.79 Å². The summed E-state index contributed by atoms with van der Waals surface area (Å²) in [5, 5.41) is 2.79. The van der Waals surface area contributed by atoms with E-state index in [2.05, 4.69) is 10.3 Å². The summed E-state index contributed by atoms with van der Waals surface area (Å²) in [7, 11) is 0. The minimum absolute atomic E-state index is 0.0788. The molecule has 1 heterocycles. The van der Waals surface area contributed by atoms with Gasteiger partial charge in [0.2, 0.25) is 5.91 Å². The predicted molar refractivity (Wildman–Crippen MR) is 123 cm³/mol. The topological polar surface area (TPSA) is 87.8 Å². The summed E-state index contributed by atoms with van der Waals surface area (Å²) >= 11 is 0. The Hall–Kier alpha value is -3.29. The van der Waals surface area contributed by atoms with Crippen molar-refractivity contribution in [2.45, 2.75) is 58.7 Å². The Kier molecular flexibility index (Phi) is 6.86. The molecule has 0 saturated heterocycles. The fourth-order valence-electron chi connectivity index (χ4n) is 3.87. The molecule has 0 aliphatic carbocycles. The molecule has 0 aromatic heterocycles. The lowest BCUT2D eigenvalue weighted by Crippen LogP contribution is -2.53. The van der Waals surface area contributed by atoms with Gasteiger partial charge in [-0.3, -0.25) is 14.5 Å². The maximum Gasteiger partial charge on any atom is 0.251 e. The quantitative estimate of drug-likeness (QED) is 0.672. The number of amides is 2. The highest BCUT2D eigenvalue weighted by atomic mass is 19.1. The van der Waals surface area contributed by atoms with E-state index in [1.165, 1.54) is 29.2 Å². The van der Waals surface area contributed by atoms with Crippen LogP contribution in [0, 0.1) is 17.6 Å². The molecule has 1 aliphatic rings. The van der Waals surface area contributed by atoms with E-state index in [9.17, 15) is 18.4 Å². The van der Waals surface area contributed by atoms with Crippen LogP contribution >= 0.6 is 0 Å². The summed E-state index contributed by atoms with van der Waals surface area (Å²) in [5.41, 5.74) is 6.80. The molecule has 0 spiro atoms. The molecule has 2 amide bonds. The van der Waals surface area contributed by atoms with Crippen molar-refractivity contribution in [3.63, 3.8) is 0 Å². The van der Waals surface area contributed by atoms with Crippen LogP contribution in [0.2, 0.25) is 0 Å². The first-order valence-electron chi connectivity index (χ1n) is 11.0. The highest BCUT2D eigenvalue weighted by Crippen LogP contribution is 2.33. The van der Waals surface area contributed by atoms with Crippen LogP contribution in [0.25, 0.3) is 0 Å². The molecular weight excluding hydrogens is 426 g/mol. The zero-order chi connectivity index (χ0) is 24.5. The van der Waals surface area contributed by atoms with E-state index in [-0.39, 0.29) is 35.6 Å². The Bertz CT molecular complexity index is 1080. The van der Waals surface area contributed by atoms with Crippen molar-refractivity contribution in [1.82, 2.24) is 10.2 Å². The van der Waals surface area contributed by atoms with Crippen molar-refractivity contribution in [2.75, 3.05) is 0 Å². The summed E-state index contributed by atoms with van der Waals surface area (Å²) in [6.07, 6.45) is 0.188. The van der Waals surface area contributed by atoms with E-state index in [1.807, 2.05) is 20.8 Å². The maximum atomic E-state index is 14.5. The third kappa shape index (κ3) is 5.21. The average molecular weight is 457 g/mol. The molecule has 3 unspecified atom stereocenters. The maximum absolute atomic E-state index is 14.5. The van der Waals surface area contributed by atoms with E-state index in [1.54, 1.807) is 26.0 Å². The lowest BCUT2D eigenvalue weighted by atomic mass is 9.84. The van der Waals surface area contributed by atoms with Crippen LogP contribution < -0.4 is 11.1 Å². The van der Waals surface area contributed by atoms with Gasteiger partial charge in [-0.25, -0.2) is 13.8 Å². The SMILES string of the molecule is CC(NC(=O)c1cc(F)cc(C(C)N2C(=O)CC(C)(C(C)C)N=C2N)c1)c1ccc(F)cc1. The van der Waals surface area contributed by atoms with Crippen molar-refractivity contribution >= 4 is 17.8 Å². The third-order valence-electron chi connectivity index (χ3n) is 6.41. The second-order valence-electron chi connectivity index (χ2n) is 9.12. The Balaban J connectivity index is 1.84. The van der Waals surface area contributed by atoms with Crippen LogP contribution in [-0.4, -0.2) is 28.2 Å². The first-order valence-corrected chi connectivity index (χ1v) is 11.0. The van der Waals surface area contributed by atoms with E-state index in [4.69, 9.17) is 5.73 Å². The van der Waals surface area contributed by atoms with Crippen molar-refractivity contribution in [1.29, 1.82) is 0 Å². The van der Waals surface area contributed by atoms with Crippen molar-refractivity contribution in [3.8, 4) is 0 Å². The van der Waals surface area contributed by atoms with Crippen molar-refractivity contribution in [3.05, 3.63) is 70.8 Å². The molecule has 0 radical (unpaired) electrons. The third-order valence-corrected chi connectivity index (χ3v) is 6.41. The van der Waals surface area contributed by atoms with Gasteiger partial charge in [-0.05, 0) is 68.1 Å². The van der Waals surface area contributed by atoms with Gasteiger partial charge in [0.25, 0.3) is 5.91 Å². The molecule has 0 saturated carbocycles. The number of hydrogen-bond acceptors (Lipinski definition) is 4. The fraction of sp³-hybridized carbons (Fsp3) is 0.400. The molecule has 3 atom stereocenters. The Labute approximate surface area is 192 Å². The largest absolute Gasteiger partial charge is 0.369 e. The number of aliphatic imine (C=N–C) groups is 1. The predicted octanol–water partition coefficient (Wildman–Crippen LogP) is 4.48. The van der Waals surface area contributed by atoms with Crippen LogP contribution in [0.5, 0.6) is 0 Å². The molecular formula is C25H30F2N4O2. The minimum atomic E-state index is -0.616. The number of carbonyl (C=O) groups excluding carboxylic acids is 2. The summed E-state index contributed by atoms with van der Waals surface area (Å²) in [4.78, 5) is 31.6. The molecule has 176 valence electrons. The summed E-state index contributed by atoms with van der Waals surface area (Å²) in [5.74, 6) is -1.47. The van der Waals surface area contributed by atoms with E-state index in [0.29, 0.717) is 11.1 Å². The second kappa shape index (κ2) is 9.29. The van der Waals surface area contributed by atoms with Crippen LogP contribution in [0.15, 0.2) is 47.5 Å². The number of carbonyl (C=O) groups is 2. The fourth-order valence-corrected chi connectivity index (χ4v) is 3.87. The number of hydrogen-bond donors (Lipinski definition) is 2. The highest BCUT2D eigenvalue weighted by Gasteiger charge is 2.40. The van der Waals surface area contributed by atoms with Crippen LogP contribution in [0.4, 0.5) is 8.78 Å². The van der Waals surface area contributed by atoms with Gasteiger partial charge in [-0.2, -0.15) is 0 Å². The molecule has 2 aromatic carbocycles. The van der Waals surface area contributed by atoms with Crippen LogP contribution in [0.1, 0.15) is 74.6 Å². The molecule has 2 aromatic rings. The molecule has 8 heteroatoms. The Morgan fingerprint density at radius 3 is 2.27 bits per heavy atom. The number of nitrogens with one attached hydrogen (secondary N) is 1. The first-order chi connectivity index (χ1) is 15.4. The minimum Gasteiger partial charge on any atom is -0.369 e. The summed E-state index contributed by atoms with van der Waals surface area (Å²) in [6, 6.07) is 8.70. The molecule has 3 N–H and O–H groups in total. The van der Waals surface area contributed by atoms with Crippen molar-refractivity contribution < 1.29 is 18.4 Å². The van der Waals surface area contributed by atoms with Gasteiger partial charge >= 0.3 is 0 Å². The molecule has 1 aliphatic heterocycles. The normalized spacial score (nSPS) is 20.4. The van der Waals surface area contributed by atoms with Gasteiger partial charge in [0.05, 0.1) is 24.0 Å². The zero-order valence-electron chi connectivity index (χ0n) is 19.5. The summed E-state index contributed by atoms with van der Waals surface area (Å²) < 4.78 is 27.6. The number of rotatable bonds is 6. The first kappa shape index (κ1) is 24.4. The molecule has 0 bridgehead atoms. The average Bonchev–Trinajstić information content (AvgIpc) is 2.72. The zero-order valence-corrected chi connectivity index (χ0v) is 19.5. The van der Waals surface area contributed by atoms with Crippen molar-refractivity contribution in [2.24, 2.45) is 16.6 Å². The molecule has 33 heavy (non-hydrogen) atoms. The van der Waals surface area contributed by atoms with Crippen LogP contribution in [0.3, 0.4) is 0 Å². The van der Waals surface area contributed by atoms with Gasteiger partial charge < -0.3 is 11.1 Å². The van der Waals surface area contributed by atoms with Gasteiger partial charge in [0, 0.05) is 5.56 Å².